The summed E-state index contributed by atoms with van der Waals surface area (Å²) in [5.74, 6) is 1.57. The van der Waals surface area contributed by atoms with Crippen molar-refractivity contribution in [1.29, 1.82) is 0 Å². The number of carbonyl (C=O) groups excluding carboxylic acids is 1. The van der Waals surface area contributed by atoms with Crippen molar-refractivity contribution in [1.82, 2.24) is 9.55 Å². The smallest absolute Gasteiger partial charge is 0.227 e. The molecule has 5 rings (SSSR count). The molecule has 0 aliphatic carbocycles. The summed E-state index contributed by atoms with van der Waals surface area (Å²) in [5.41, 5.74) is 3.64. The van der Waals surface area contributed by atoms with E-state index in [0.29, 0.717) is 35.3 Å². The molecule has 1 amide bonds. The Labute approximate surface area is 196 Å². The number of anilines is 1. The van der Waals surface area contributed by atoms with Crippen LogP contribution in [0.4, 0.5) is 5.69 Å². The lowest BCUT2D eigenvalue weighted by Crippen LogP contribution is -2.25. The molecule has 0 spiro atoms. The van der Waals surface area contributed by atoms with Gasteiger partial charge in [0.25, 0.3) is 0 Å². The molecule has 0 saturated carbocycles. The van der Waals surface area contributed by atoms with Gasteiger partial charge >= 0.3 is 0 Å². The highest BCUT2D eigenvalue weighted by molar-refractivity contribution is 6.35. The first-order chi connectivity index (χ1) is 15.5. The second-order valence-electron chi connectivity index (χ2n) is 7.86. The summed E-state index contributed by atoms with van der Waals surface area (Å²) in [6.45, 7) is 1.09. The van der Waals surface area contributed by atoms with Crippen LogP contribution in [-0.2, 0) is 11.3 Å². The summed E-state index contributed by atoms with van der Waals surface area (Å²) < 4.78 is 7.64. The van der Waals surface area contributed by atoms with Crippen LogP contribution in [-0.4, -0.2) is 29.1 Å². The first kappa shape index (κ1) is 20.9. The molecular formula is C25H21Cl2N3O2. The van der Waals surface area contributed by atoms with Crippen molar-refractivity contribution in [3.63, 3.8) is 0 Å². The molecule has 2 heterocycles. The van der Waals surface area contributed by atoms with E-state index >= 15 is 0 Å². The topological polar surface area (TPSA) is 47.4 Å². The third-order valence-electron chi connectivity index (χ3n) is 5.89. The fourth-order valence-electron chi connectivity index (χ4n) is 4.36. The van der Waals surface area contributed by atoms with Crippen LogP contribution in [0.1, 0.15) is 23.7 Å². The molecule has 1 aromatic heterocycles. The highest BCUT2D eigenvalue weighted by Crippen LogP contribution is 2.37. The number of hydrogen-bond donors (Lipinski definition) is 0. The SMILES string of the molecule is COc1ccccc1N1C[C@H](c2nc3ccccc3n2Cc2ccc(Cl)cc2Cl)CC1=O. The van der Waals surface area contributed by atoms with Gasteiger partial charge in [-0.25, -0.2) is 4.98 Å². The Hall–Kier alpha value is -3.02. The molecule has 1 atom stereocenters. The Balaban J connectivity index is 1.54. The number of methoxy groups -OCH3 is 1. The number of ether oxygens (including phenoxy) is 1. The Morgan fingerprint density at radius 1 is 1.06 bits per heavy atom. The molecule has 0 radical (unpaired) electrons. The van der Waals surface area contributed by atoms with Crippen molar-refractivity contribution in [2.75, 3.05) is 18.6 Å². The van der Waals surface area contributed by atoms with Gasteiger partial charge in [-0.3, -0.25) is 4.79 Å². The minimum Gasteiger partial charge on any atom is -0.495 e. The average Bonchev–Trinajstić information content (AvgIpc) is 3.36. The van der Waals surface area contributed by atoms with Crippen molar-refractivity contribution in [3.05, 3.63) is 88.2 Å². The number of carbonyl (C=O) groups is 1. The third-order valence-corrected chi connectivity index (χ3v) is 6.48. The molecule has 1 fully saturated rings. The second kappa shape index (κ2) is 8.49. The van der Waals surface area contributed by atoms with E-state index in [-0.39, 0.29) is 11.8 Å². The summed E-state index contributed by atoms with van der Waals surface area (Å²) in [6, 6.07) is 21.1. The number of rotatable bonds is 5. The largest absolute Gasteiger partial charge is 0.495 e. The van der Waals surface area contributed by atoms with Crippen LogP contribution in [0.3, 0.4) is 0 Å². The molecule has 162 valence electrons. The molecule has 1 aliphatic rings. The molecule has 5 nitrogen and oxygen atoms in total. The standard InChI is InChI=1S/C25H21Cl2N3O2/c1-32-23-9-5-4-8-22(23)29-15-17(12-24(29)31)25-28-20-6-2-3-7-21(20)30(25)14-16-10-11-18(26)13-19(16)27/h2-11,13,17H,12,14-15H2,1H3/t17-/m1/s1. The number of benzene rings is 3. The summed E-state index contributed by atoms with van der Waals surface area (Å²) in [7, 11) is 1.62. The van der Waals surface area contributed by atoms with E-state index in [1.54, 1.807) is 18.1 Å². The van der Waals surface area contributed by atoms with E-state index in [2.05, 4.69) is 4.57 Å². The minimum atomic E-state index is -0.0501. The van der Waals surface area contributed by atoms with E-state index in [1.165, 1.54) is 0 Å². The van der Waals surface area contributed by atoms with Crippen molar-refractivity contribution >= 4 is 45.8 Å². The van der Waals surface area contributed by atoms with Crippen molar-refractivity contribution < 1.29 is 9.53 Å². The molecule has 7 heteroatoms. The summed E-state index contributed by atoms with van der Waals surface area (Å²) in [5, 5.41) is 1.21. The molecule has 1 aliphatic heterocycles. The van der Waals surface area contributed by atoms with E-state index in [9.17, 15) is 4.79 Å². The predicted molar refractivity (Wildman–Crippen MR) is 128 cm³/mol. The van der Waals surface area contributed by atoms with Crippen LogP contribution in [0.2, 0.25) is 10.0 Å². The van der Waals surface area contributed by atoms with Gasteiger partial charge in [0.2, 0.25) is 5.91 Å². The van der Waals surface area contributed by atoms with Crippen LogP contribution >= 0.6 is 23.2 Å². The first-order valence-electron chi connectivity index (χ1n) is 10.4. The van der Waals surface area contributed by atoms with Crippen molar-refractivity contribution in [2.24, 2.45) is 0 Å². The summed E-state index contributed by atoms with van der Waals surface area (Å²) in [4.78, 5) is 19.7. The van der Waals surface area contributed by atoms with Gasteiger partial charge in [0.1, 0.15) is 11.6 Å². The molecule has 4 aromatic rings. The zero-order valence-corrected chi connectivity index (χ0v) is 19.0. The Morgan fingerprint density at radius 2 is 1.84 bits per heavy atom. The van der Waals surface area contributed by atoms with Gasteiger partial charge < -0.3 is 14.2 Å². The lowest BCUT2D eigenvalue weighted by atomic mass is 10.1. The van der Waals surface area contributed by atoms with Gasteiger partial charge in [-0.15, -0.1) is 0 Å². The van der Waals surface area contributed by atoms with Gasteiger partial charge in [0, 0.05) is 28.9 Å². The summed E-state index contributed by atoms with van der Waals surface area (Å²) >= 11 is 12.6. The Morgan fingerprint density at radius 3 is 2.66 bits per heavy atom. The molecular weight excluding hydrogens is 445 g/mol. The molecule has 0 unspecified atom stereocenters. The number of fused-ring (bicyclic) bond motifs is 1. The van der Waals surface area contributed by atoms with E-state index in [0.717, 1.165) is 28.1 Å². The van der Waals surface area contributed by atoms with Gasteiger partial charge in [0.05, 0.1) is 30.4 Å². The summed E-state index contributed by atoms with van der Waals surface area (Å²) in [6.07, 6.45) is 0.385. The number of imidazole rings is 1. The maximum absolute atomic E-state index is 13.0. The number of amides is 1. The third kappa shape index (κ3) is 3.72. The van der Waals surface area contributed by atoms with Crippen molar-refractivity contribution in [2.45, 2.75) is 18.9 Å². The minimum absolute atomic E-state index is 0.0501. The Bertz CT molecular complexity index is 1320. The number of nitrogens with zero attached hydrogens (tertiary/aromatic N) is 3. The van der Waals surface area contributed by atoms with E-state index in [1.807, 2.05) is 60.7 Å². The fourth-order valence-corrected chi connectivity index (χ4v) is 4.83. The van der Waals surface area contributed by atoms with Gasteiger partial charge in [-0.05, 0) is 42.0 Å². The molecule has 0 N–H and O–H groups in total. The molecule has 3 aromatic carbocycles. The number of para-hydroxylation sites is 4. The monoisotopic (exact) mass is 465 g/mol. The maximum atomic E-state index is 13.0. The Kier molecular flexibility index (Phi) is 5.53. The van der Waals surface area contributed by atoms with Gasteiger partial charge in [0.15, 0.2) is 0 Å². The number of halogens is 2. The highest BCUT2D eigenvalue weighted by Gasteiger charge is 2.36. The lowest BCUT2D eigenvalue weighted by molar-refractivity contribution is -0.117. The fraction of sp³-hybridized carbons (Fsp3) is 0.200. The van der Waals surface area contributed by atoms with Crippen LogP contribution < -0.4 is 9.64 Å². The number of hydrogen-bond acceptors (Lipinski definition) is 3. The van der Waals surface area contributed by atoms with Crippen molar-refractivity contribution in [3.8, 4) is 5.75 Å². The van der Waals surface area contributed by atoms with Crippen LogP contribution in [0.5, 0.6) is 5.75 Å². The van der Waals surface area contributed by atoms with Crippen LogP contribution in [0.15, 0.2) is 66.7 Å². The predicted octanol–water partition coefficient (Wildman–Crippen LogP) is 5.92. The first-order valence-corrected chi connectivity index (χ1v) is 11.1. The zero-order valence-electron chi connectivity index (χ0n) is 17.5. The van der Waals surface area contributed by atoms with Crippen LogP contribution in [0.25, 0.3) is 11.0 Å². The van der Waals surface area contributed by atoms with Gasteiger partial charge in [-0.1, -0.05) is 53.5 Å². The second-order valence-corrected chi connectivity index (χ2v) is 8.70. The average molecular weight is 466 g/mol. The maximum Gasteiger partial charge on any atom is 0.227 e. The molecule has 32 heavy (non-hydrogen) atoms. The zero-order chi connectivity index (χ0) is 22.2. The normalized spacial score (nSPS) is 16.2. The highest BCUT2D eigenvalue weighted by atomic mass is 35.5. The lowest BCUT2D eigenvalue weighted by Gasteiger charge is -2.20. The van der Waals surface area contributed by atoms with Crippen LogP contribution in [0, 0.1) is 0 Å². The van der Waals surface area contributed by atoms with Gasteiger partial charge in [-0.2, -0.15) is 0 Å². The number of aromatic nitrogens is 2. The molecule has 0 bridgehead atoms. The van der Waals surface area contributed by atoms with E-state index in [4.69, 9.17) is 32.9 Å². The molecule has 1 saturated heterocycles. The quantitative estimate of drug-likeness (QED) is 0.367. The van der Waals surface area contributed by atoms with E-state index < -0.39 is 0 Å².